The zero-order chi connectivity index (χ0) is 12.6. The van der Waals surface area contributed by atoms with E-state index in [0.29, 0.717) is 6.42 Å². The smallest absolute Gasteiger partial charge is 0.348 e. The second-order valence-corrected chi connectivity index (χ2v) is 4.45. The first kappa shape index (κ1) is 11.6. The first-order valence-electron chi connectivity index (χ1n) is 5.52. The van der Waals surface area contributed by atoms with E-state index in [1.54, 1.807) is 0 Å². The van der Waals surface area contributed by atoms with Gasteiger partial charge in [0.05, 0.1) is 5.71 Å². The lowest BCUT2D eigenvalue weighted by Crippen LogP contribution is -2.20. The van der Waals surface area contributed by atoms with Crippen LogP contribution in [0.2, 0.25) is 0 Å². The number of carboxylic acids is 1. The summed E-state index contributed by atoms with van der Waals surface area (Å²) in [5, 5.41) is 12.8. The molecule has 0 saturated carbocycles. The summed E-state index contributed by atoms with van der Waals surface area (Å²) >= 11 is 0. The highest BCUT2D eigenvalue weighted by Gasteiger charge is 2.29. The van der Waals surface area contributed by atoms with Crippen LogP contribution in [0.25, 0.3) is 0 Å². The highest BCUT2D eigenvalue weighted by Crippen LogP contribution is 2.23. The molecular formula is C13H15NO3. The maximum absolute atomic E-state index is 10.8. The Labute approximate surface area is 99.9 Å². The number of rotatable bonds is 2. The average molecular weight is 233 g/mol. The van der Waals surface area contributed by atoms with Crippen LogP contribution >= 0.6 is 0 Å². The molecule has 1 aliphatic heterocycles. The molecule has 1 N–H and O–H groups in total. The fourth-order valence-corrected chi connectivity index (χ4v) is 2.29. The molecule has 90 valence electrons. The molecule has 0 aromatic heterocycles. The predicted octanol–water partition coefficient (Wildman–Crippen LogP) is 2.19. The van der Waals surface area contributed by atoms with Gasteiger partial charge in [0.25, 0.3) is 0 Å². The minimum atomic E-state index is -0.967. The summed E-state index contributed by atoms with van der Waals surface area (Å²) in [7, 11) is 0. The van der Waals surface area contributed by atoms with Gasteiger partial charge in [-0.05, 0) is 31.9 Å². The van der Waals surface area contributed by atoms with Crippen molar-refractivity contribution in [2.24, 2.45) is 5.16 Å². The lowest BCUT2D eigenvalue weighted by molar-refractivity contribution is -0.148. The van der Waals surface area contributed by atoms with Crippen molar-refractivity contribution in [1.29, 1.82) is 0 Å². The first-order valence-corrected chi connectivity index (χ1v) is 5.52. The van der Waals surface area contributed by atoms with Crippen LogP contribution in [-0.4, -0.2) is 22.9 Å². The minimum absolute atomic E-state index is 0.333. The number of hydrogen-bond acceptors (Lipinski definition) is 3. The third-order valence-electron chi connectivity index (χ3n) is 2.91. The molecule has 0 bridgehead atoms. The number of benzene rings is 1. The number of carbonyl (C=O) groups is 1. The van der Waals surface area contributed by atoms with Gasteiger partial charge in [0.2, 0.25) is 6.10 Å². The number of aryl methyl sites for hydroxylation is 3. The van der Waals surface area contributed by atoms with Gasteiger partial charge < -0.3 is 9.94 Å². The summed E-state index contributed by atoms with van der Waals surface area (Å²) in [6, 6.07) is 4.14. The third-order valence-corrected chi connectivity index (χ3v) is 2.91. The molecule has 4 heteroatoms. The molecule has 1 heterocycles. The summed E-state index contributed by atoms with van der Waals surface area (Å²) in [5.41, 5.74) is 5.15. The first-order chi connectivity index (χ1) is 7.99. The summed E-state index contributed by atoms with van der Waals surface area (Å²) in [6.07, 6.45) is -0.509. The third kappa shape index (κ3) is 2.16. The SMILES string of the molecule is Cc1cc(C)c(C2=NOC(C(=O)O)C2)c(C)c1. The van der Waals surface area contributed by atoms with Crippen molar-refractivity contribution in [3.63, 3.8) is 0 Å². The van der Waals surface area contributed by atoms with Gasteiger partial charge in [-0.1, -0.05) is 22.9 Å². The number of oxime groups is 1. The standard InChI is InChI=1S/C13H15NO3/c1-7-4-8(2)12(9(3)5-7)10-6-11(13(15)16)17-14-10/h4-5,11H,6H2,1-3H3,(H,15,16). The fraction of sp³-hybridized carbons (Fsp3) is 0.385. The van der Waals surface area contributed by atoms with Crippen LogP contribution in [0, 0.1) is 20.8 Å². The van der Waals surface area contributed by atoms with Crippen molar-refractivity contribution < 1.29 is 14.7 Å². The van der Waals surface area contributed by atoms with Crippen molar-refractivity contribution in [3.05, 3.63) is 34.4 Å². The lowest BCUT2D eigenvalue weighted by atomic mass is 9.94. The zero-order valence-electron chi connectivity index (χ0n) is 10.2. The van der Waals surface area contributed by atoms with Crippen molar-refractivity contribution in [1.82, 2.24) is 0 Å². The van der Waals surface area contributed by atoms with Crippen LogP contribution in [0.5, 0.6) is 0 Å². The van der Waals surface area contributed by atoms with Gasteiger partial charge in [0.15, 0.2) is 0 Å². The van der Waals surface area contributed by atoms with E-state index in [-0.39, 0.29) is 0 Å². The molecule has 1 aliphatic rings. The van der Waals surface area contributed by atoms with Crippen LogP contribution in [0.1, 0.15) is 28.7 Å². The van der Waals surface area contributed by atoms with Crippen LogP contribution in [0.4, 0.5) is 0 Å². The van der Waals surface area contributed by atoms with Crippen LogP contribution in [0.3, 0.4) is 0 Å². The summed E-state index contributed by atoms with van der Waals surface area (Å²) < 4.78 is 0. The minimum Gasteiger partial charge on any atom is -0.478 e. The Morgan fingerprint density at radius 3 is 2.41 bits per heavy atom. The second-order valence-electron chi connectivity index (χ2n) is 4.45. The van der Waals surface area contributed by atoms with Gasteiger partial charge in [-0.25, -0.2) is 4.79 Å². The topological polar surface area (TPSA) is 58.9 Å². The molecule has 1 aromatic rings. The Kier molecular flexibility index (Phi) is 2.88. The lowest BCUT2D eigenvalue weighted by Gasteiger charge is -2.09. The normalized spacial score (nSPS) is 18.8. The molecule has 0 aliphatic carbocycles. The largest absolute Gasteiger partial charge is 0.478 e. The van der Waals surface area contributed by atoms with Crippen molar-refractivity contribution in [3.8, 4) is 0 Å². The van der Waals surface area contributed by atoms with Gasteiger partial charge in [0, 0.05) is 12.0 Å². The van der Waals surface area contributed by atoms with E-state index in [9.17, 15) is 4.79 Å². The Morgan fingerprint density at radius 1 is 1.35 bits per heavy atom. The van der Waals surface area contributed by atoms with E-state index in [0.717, 1.165) is 22.4 Å². The number of carboxylic acid groups (broad SMARTS) is 1. The van der Waals surface area contributed by atoms with Crippen LogP contribution in [0.15, 0.2) is 17.3 Å². The van der Waals surface area contributed by atoms with Gasteiger partial charge in [0.1, 0.15) is 0 Å². The van der Waals surface area contributed by atoms with E-state index in [2.05, 4.69) is 17.3 Å². The van der Waals surface area contributed by atoms with E-state index in [1.165, 1.54) is 5.56 Å². The van der Waals surface area contributed by atoms with E-state index in [4.69, 9.17) is 9.94 Å². The molecular weight excluding hydrogens is 218 g/mol. The molecule has 0 saturated heterocycles. The van der Waals surface area contributed by atoms with E-state index < -0.39 is 12.1 Å². The molecule has 4 nitrogen and oxygen atoms in total. The zero-order valence-corrected chi connectivity index (χ0v) is 10.2. The van der Waals surface area contributed by atoms with E-state index >= 15 is 0 Å². The monoisotopic (exact) mass is 233 g/mol. The Morgan fingerprint density at radius 2 is 1.94 bits per heavy atom. The summed E-state index contributed by atoms with van der Waals surface area (Å²) in [5.74, 6) is -0.967. The fourth-order valence-electron chi connectivity index (χ4n) is 2.29. The van der Waals surface area contributed by atoms with Gasteiger partial charge in [-0.2, -0.15) is 0 Å². The number of hydrogen-bond donors (Lipinski definition) is 1. The maximum atomic E-state index is 10.8. The van der Waals surface area contributed by atoms with Crippen LogP contribution in [-0.2, 0) is 9.63 Å². The second kappa shape index (κ2) is 4.20. The molecule has 1 unspecified atom stereocenters. The van der Waals surface area contributed by atoms with Crippen molar-refractivity contribution in [2.45, 2.75) is 33.3 Å². The molecule has 0 spiro atoms. The van der Waals surface area contributed by atoms with Gasteiger partial charge in [-0.3, -0.25) is 0 Å². The quantitative estimate of drug-likeness (QED) is 0.851. The number of nitrogens with zero attached hydrogens (tertiary/aromatic N) is 1. The van der Waals surface area contributed by atoms with E-state index in [1.807, 2.05) is 20.8 Å². The molecule has 1 aromatic carbocycles. The highest BCUT2D eigenvalue weighted by atomic mass is 16.7. The maximum Gasteiger partial charge on any atom is 0.348 e. The highest BCUT2D eigenvalue weighted by molar-refractivity contribution is 6.05. The molecule has 17 heavy (non-hydrogen) atoms. The summed E-state index contributed by atoms with van der Waals surface area (Å²) in [6.45, 7) is 6.05. The van der Waals surface area contributed by atoms with Crippen molar-refractivity contribution in [2.75, 3.05) is 0 Å². The van der Waals surface area contributed by atoms with Gasteiger partial charge in [-0.15, -0.1) is 0 Å². The molecule has 0 fully saturated rings. The molecule has 1 atom stereocenters. The predicted molar refractivity (Wildman–Crippen MR) is 64.3 cm³/mol. The molecule has 2 rings (SSSR count). The Balaban J connectivity index is 2.34. The van der Waals surface area contributed by atoms with Crippen molar-refractivity contribution >= 4 is 11.7 Å². The average Bonchev–Trinajstić information content (AvgIpc) is 2.65. The van der Waals surface area contributed by atoms with Gasteiger partial charge >= 0.3 is 5.97 Å². The molecule has 0 amide bonds. The van der Waals surface area contributed by atoms with Crippen LogP contribution < -0.4 is 0 Å². The Hall–Kier alpha value is -1.84. The molecule has 0 radical (unpaired) electrons. The number of aliphatic carboxylic acids is 1. The summed E-state index contributed by atoms with van der Waals surface area (Å²) in [4.78, 5) is 15.7. The Bertz CT molecular complexity index is 482.